The Bertz CT molecular complexity index is 432. The zero-order valence-electron chi connectivity index (χ0n) is 12.1. The van der Waals surface area contributed by atoms with E-state index in [2.05, 4.69) is 0 Å². The van der Waals surface area contributed by atoms with E-state index in [-0.39, 0.29) is 19.4 Å². The maximum Gasteiger partial charge on any atom is 0.409 e. The molecule has 0 aliphatic carbocycles. The Labute approximate surface area is 122 Å². The van der Waals surface area contributed by atoms with Crippen LogP contribution in [0.3, 0.4) is 0 Å². The van der Waals surface area contributed by atoms with E-state index in [1.807, 2.05) is 0 Å². The second-order valence-electron chi connectivity index (χ2n) is 5.04. The number of ether oxygens (including phenoxy) is 4. The van der Waals surface area contributed by atoms with Crippen LogP contribution < -0.4 is 0 Å². The molecular weight excluding hydrogens is 282 g/mol. The Morgan fingerprint density at radius 2 is 1.90 bits per heavy atom. The zero-order chi connectivity index (χ0) is 15.5. The van der Waals surface area contributed by atoms with Crippen molar-refractivity contribution in [2.45, 2.75) is 18.6 Å². The standard InChI is InChI=1S/C13H19NO7/c1-18-10(16)12(4-6-15)9-14(11(17)19-2)5-3-13(12)20-7-8-21-13/h6H,3-5,7-9H2,1-2H3. The van der Waals surface area contributed by atoms with Gasteiger partial charge in [-0.25, -0.2) is 4.79 Å². The molecule has 0 N–H and O–H groups in total. The van der Waals surface area contributed by atoms with E-state index in [0.29, 0.717) is 26.0 Å². The quantitative estimate of drug-likeness (QED) is 0.533. The molecular formula is C13H19NO7. The van der Waals surface area contributed by atoms with Crippen LogP contribution >= 0.6 is 0 Å². The van der Waals surface area contributed by atoms with E-state index < -0.39 is 23.3 Å². The van der Waals surface area contributed by atoms with Crippen LogP contribution in [0.1, 0.15) is 12.8 Å². The van der Waals surface area contributed by atoms with Crippen molar-refractivity contribution in [3.05, 3.63) is 0 Å². The maximum absolute atomic E-state index is 12.4. The number of rotatable bonds is 3. The van der Waals surface area contributed by atoms with E-state index in [1.54, 1.807) is 0 Å². The van der Waals surface area contributed by atoms with Gasteiger partial charge in [0.2, 0.25) is 0 Å². The first kappa shape index (κ1) is 15.7. The van der Waals surface area contributed by atoms with Gasteiger partial charge in [0.25, 0.3) is 0 Å². The number of aldehydes is 1. The number of hydrogen-bond acceptors (Lipinski definition) is 7. The Morgan fingerprint density at radius 3 is 2.43 bits per heavy atom. The number of piperidine rings is 1. The van der Waals surface area contributed by atoms with E-state index in [9.17, 15) is 14.4 Å². The molecule has 0 aromatic rings. The molecule has 2 aliphatic rings. The first-order valence-electron chi connectivity index (χ1n) is 6.68. The van der Waals surface area contributed by atoms with Crippen LogP contribution in [0.4, 0.5) is 4.79 Å². The van der Waals surface area contributed by atoms with Gasteiger partial charge in [-0.3, -0.25) is 4.79 Å². The molecule has 2 rings (SSSR count). The Morgan fingerprint density at radius 1 is 1.24 bits per heavy atom. The normalized spacial score (nSPS) is 27.4. The second kappa shape index (κ2) is 5.98. The van der Waals surface area contributed by atoms with Gasteiger partial charge >= 0.3 is 12.1 Å². The summed E-state index contributed by atoms with van der Waals surface area (Å²) in [4.78, 5) is 36.6. The minimum absolute atomic E-state index is 0.0505. The van der Waals surface area contributed by atoms with Crippen LogP contribution in [0.15, 0.2) is 0 Å². The predicted octanol–water partition coefficient (Wildman–Crippen LogP) is -0.0500. The average Bonchev–Trinajstić information content (AvgIpc) is 2.98. The molecule has 1 atom stereocenters. The molecule has 1 unspecified atom stereocenters. The molecule has 0 saturated carbocycles. The highest BCUT2D eigenvalue weighted by atomic mass is 16.7. The summed E-state index contributed by atoms with van der Waals surface area (Å²) in [7, 11) is 2.49. The van der Waals surface area contributed by atoms with Crippen LogP contribution in [0, 0.1) is 5.41 Å². The van der Waals surface area contributed by atoms with Gasteiger partial charge in [0.1, 0.15) is 11.7 Å². The predicted molar refractivity (Wildman–Crippen MR) is 68.4 cm³/mol. The minimum atomic E-state index is -1.38. The molecule has 1 spiro atoms. The van der Waals surface area contributed by atoms with Crippen molar-refractivity contribution in [1.82, 2.24) is 4.90 Å². The second-order valence-corrected chi connectivity index (χ2v) is 5.04. The molecule has 0 aromatic carbocycles. The summed E-state index contributed by atoms with van der Waals surface area (Å²) in [5.41, 5.74) is -1.38. The van der Waals surface area contributed by atoms with Crippen molar-refractivity contribution < 1.29 is 33.3 Å². The monoisotopic (exact) mass is 301 g/mol. The molecule has 118 valence electrons. The summed E-state index contributed by atoms with van der Waals surface area (Å²) in [6.07, 6.45) is 0.157. The number of carbonyl (C=O) groups is 3. The van der Waals surface area contributed by atoms with Crippen LogP contribution in [-0.4, -0.2) is 69.6 Å². The van der Waals surface area contributed by atoms with Crippen molar-refractivity contribution >= 4 is 18.3 Å². The van der Waals surface area contributed by atoms with E-state index in [4.69, 9.17) is 18.9 Å². The van der Waals surface area contributed by atoms with Crippen molar-refractivity contribution in [2.24, 2.45) is 5.41 Å². The number of likely N-dealkylation sites (tertiary alicyclic amines) is 1. The van der Waals surface area contributed by atoms with Gasteiger partial charge in [-0.05, 0) is 0 Å². The molecule has 0 bridgehead atoms. The summed E-state index contributed by atoms with van der Waals surface area (Å²) in [6, 6.07) is 0. The number of methoxy groups -OCH3 is 2. The van der Waals surface area contributed by atoms with Gasteiger partial charge in [-0.1, -0.05) is 0 Å². The summed E-state index contributed by atoms with van der Waals surface area (Å²) in [5, 5.41) is 0. The van der Waals surface area contributed by atoms with Crippen molar-refractivity contribution in [3.63, 3.8) is 0 Å². The SMILES string of the molecule is COC(=O)N1CCC2(OCCO2)C(CC=O)(C(=O)OC)C1. The fourth-order valence-electron chi connectivity index (χ4n) is 3.07. The van der Waals surface area contributed by atoms with Crippen molar-refractivity contribution in [1.29, 1.82) is 0 Å². The van der Waals surface area contributed by atoms with Gasteiger partial charge in [-0.2, -0.15) is 0 Å². The molecule has 0 radical (unpaired) electrons. The van der Waals surface area contributed by atoms with E-state index >= 15 is 0 Å². The number of amides is 1. The number of esters is 1. The average molecular weight is 301 g/mol. The van der Waals surface area contributed by atoms with Crippen molar-refractivity contribution in [3.8, 4) is 0 Å². The summed E-state index contributed by atoms with van der Waals surface area (Å²) in [5.74, 6) is -1.86. The van der Waals surface area contributed by atoms with E-state index in [0.717, 1.165) is 0 Å². The third-order valence-corrected chi connectivity index (χ3v) is 4.10. The summed E-state index contributed by atoms with van der Waals surface area (Å²) in [6.45, 7) is 0.918. The van der Waals surface area contributed by atoms with Crippen LogP contribution in [0.5, 0.6) is 0 Å². The van der Waals surface area contributed by atoms with Gasteiger partial charge < -0.3 is 28.6 Å². The Kier molecular flexibility index (Phi) is 4.48. The minimum Gasteiger partial charge on any atom is -0.468 e. The number of carbonyl (C=O) groups excluding carboxylic acids is 3. The lowest BCUT2D eigenvalue weighted by Gasteiger charge is -2.49. The first-order valence-corrected chi connectivity index (χ1v) is 6.68. The third kappa shape index (κ3) is 2.38. The molecule has 1 amide bonds. The fraction of sp³-hybridized carbons (Fsp3) is 0.769. The molecule has 21 heavy (non-hydrogen) atoms. The van der Waals surface area contributed by atoms with Gasteiger partial charge in [0.05, 0.1) is 27.4 Å². The zero-order valence-corrected chi connectivity index (χ0v) is 12.1. The van der Waals surface area contributed by atoms with Crippen LogP contribution in [0.2, 0.25) is 0 Å². The Balaban J connectivity index is 2.41. The largest absolute Gasteiger partial charge is 0.468 e. The highest BCUT2D eigenvalue weighted by Crippen LogP contribution is 2.48. The van der Waals surface area contributed by atoms with Crippen LogP contribution in [0.25, 0.3) is 0 Å². The smallest absolute Gasteiger partial charge is 0.409 e. The highest BCUT2D eigenvalue weighted by molar-refractivity contribution is 5.83. The van der Waals surface area contributed by atoms with E-state index in [1.165, 1.54) is 19.1 Å². The number of nitrogens with zero attached hydrogens (tertiary/aromatic N) is 1. The molecule has 2 aliphatic heterocycles. The highest BCUT2D eigenvalue weighted by Gasteiger charge is 2.64. The van der Waals surface area contributed by atoms with Crippen LogP contribution in [-0.2, 0) is 28.5 Å². The molecule has 2 fully saturated rings. The fourth-order valence-corrected chi connectivity index (χ4v) is 3.07. The lowest BCUT2D eigenvalue weighted by Crippen LogP contribution is -2.65. The number of hydrogen-bond donors (Lipinski definition) is 0. The third-order valence-electron chi connectivity index (χ3n) is 4.10. The molecule has 2 saturated heterocycles. The maximum atomic E-state index is 12.4. The van der Waals surface area contributed by atoms with Gasteiger partial charge in [0, 0.05) is 25.9 Å². The van der Waals surface area contributed by atoms with Gasteiger partial charge in [-0.15, -0.1) is 0 Å². The van der Waals surface area contributed by atoms with Crippen molar-refractivity contribution in [2.75, 3.05) is 40.5 Å². The lowest BCUT2D eigenvalue weighted by atomic mass is 9.72. The first-order chi connectivity index (χ1) is 10.0. The molecule has 8 heteroatoms. The summed E-state index contributed by atoms with van der Waals surface area (Å²) >= 11 is 0. The summed E-state index contributed by atoms with van der Waals surface area (Å²) < 4.78 is 20.9. The van der Waals surface area contributed by atoms with Gasteiger partial charge in [0.15, 0.2) is 5.79 Å². The molecule has 2 heterocycles. The topological polar surface area (TPSA) is 91.4 Å². The molecule has 8 nitrogen and oxygen atoms in total. The lowest BCUT2D eigenvalue weighted by molar-refractivity contribution is -0.262. The molecule has 0 aromatic heterocycles. The Hall–Kier alpha value is -1.67.